The lowest BCUT2D eigenvalue weighted by atomic mass is 9.93. The first kappa shape index (κ1) is 12.6. The van der Waals surface area contributed by atoms with Crippen molar-refractivity contribution in [2.75, 3.05) is 20.1 Å². The summed E-state index contributed by atoms with van der Waals surface area (Å²) in [7, 11) is 2.21. The molecule has 0 aliphatic carbocycles. The van der Waals surface area contributed by atoms with Crippen molar-refractivity contribution in [1.29, 1.82) is 0 Å². The standard InChI is InChI=1S/C15H24N2/c1-4-12(2)14-8-5-9-15(16-14)13-7-6-10-17(3)11-13/h5,8-9,12-13H,4,6-7,10-11H2,1-3H3/t12?,13-/m0/s1. The van der Waals surface area contributed by atoms with E-state index in [9.17, 15) is 0 Å². The predicted molar refractivity (Wildman–Crippen MR) is 72.4 cm³/mol. The molecule has 2 heteroatoms. The molecule has 1 aromatic rings. The van der Waals surface area contributed by atoms with E-state index in [0.717, 1.165) is 6.54 Å². The van der Waals surface area contributed by atoms with Crippen molar-refractivity contribution in [3.05, 3.63) is 29.6 Å². The van der Waals surface area contributed by atoms with E-state index < -0.39 is 0 Å². The molecule has 2 nitrogen and oxygen atoms in total. The van der Waals surface area contributed by atoms with Crippen LogP contribution in [0.1, 0.15) is 56.3 Å². The highest BCUT2D eigenvalue weighted by atomic mass is 15.1. The Morgan fingerprint density at radius 3 is 3.00 bits per heavy atom. The van der Waals surface area contributed by atoms with Crippen LogP contribution in [0.25, 0.3) is 0 Å². The van der Waals surface area contributed by atoms with Crippen molar-refractivity contribution in [3.63, 3.8) is 0 Å². The van der Waals surface area contributed by atoms with Gasteiger partial charge in [-0.1, -0.05) is 19.9 Å². The van der Waals surface area contributed by atoms with Gasteiger partial charge in [-0.05, 0) is 50.9 Å². The third-order valence-corrected chi connectivity index (χ3v) is 3.95. The molecular formula is C15H24N2. The highest BCUT2D eigenvalue weighted by Crippen LogP contribution is 2.26. The van der Waals surface area contributed by atoms with Gasteiger partial charge in [0, 0.05) is 23.9 Å². The smallest absolute Gasteiger partial charge is 0.0450 e. The van der Waals surface area contributed by atoms with E-state index >= 15 is 0 Å². The highest BCUT2D eigenvalue weighted by Gasteiger charge is 2.20. The molecule has 0 aromatic carbocycles. The van der Waals surface area contributed by atoms with Crippen LogP contribution in [0.2, 0.25) is 0 Å². The summed E-state index contributed by atoms with van der Waals surface area (Å²) < 4.78 is 0. The Hall–Kier alpha value is -0.890. The topological polar surface area (TPSA) is 16.1 Å². The Labute approximate surface area is 105 Å². The number of piperidine rings is 1. The molecule has 0 spiro atoms. The minimum absolute atomic E-state index is 0.580. The van der Waals surface area contributed by atoms with Crippen LogP contribution >= 0.6 is 0 Å². The second kappa shape index (κ2) is 5.63. The fraction of sp³-hybridized carbons (Fsp3) is 0.667. The van der Waals surface area contributed by atoms with E-state index in [1.165, 1.54) is 37.2 Å². The van der Waals surface area contributed by atoms with Crippen LogP contribution in [0.5, 0.6) is 0 Å². The van der Waals surface area contributed by atoms with Gasteiger partial charge in [-0.25, -0.2) is 0 Å². The van der Waals surface area contributed by atoms with E-state index in [4.69, 9.17) is 4.98 Å². The van der Waals surface area contributed by atoms with Crippen molar-refractivity contribution in [3.8, 4) is 0 Å². The van der Waals surface area contributed by atoms with Gasteiger partial charge in [0.25, 0.3) is 0 Å². The van der Waals surface area contributed by atoms with Gasteiger partial charge in [0.05, 0.1) is 0 Å². The molecule has 2 heterocycles. The fourth-order valence-electron chi connectivity index (χ4n) is 2.59. The first-order chi connectivity index (χ1) is 8.20. The molecule has 0 bridgehead atoms. The molecule has 1 aliphatic heterocycles. The zero-order chi connectivity index (χ0) is 12.3. The second-order valence-electron chi connectivity index (χ2n) is 5.40. The number of rotatable bonds is 3. The lowest BCUT2D eigenvalue weighted by Gasteiger charge is -2.29. The molecular weight excluding hydrogens is 208 g/mol. The quantitative estimate of drug-likeness (QED) is 0.794. The maximum Gasteiger partial charge on any atom is 0.0450 e. The average molecular weight is 232 g/mol. The van der Waals surface area contributed by atoms with E-state index in [0.29, 0.717) is 11.8 Å². The Morgan fingerprint density at radius 1 is 1.47 bits per heavy atom. The maximum absolute atomic E-state index is 4.87. The summed E-state index contributed by atoms with van der Waals surface area (Å²) in [5, 5.41) is 0. The molecule has 1 fully saturated rings. The molecule has 0 N–H and O–H groups in total. The summed E-state index contributed by atoms with van der Waals surface area (Å²) in [6, 6.07) is 6.55. The van der Waals surface area contributed by atoms with Gasteiger partial charge in [-0.15, -0.1) is 0 Å². The van der Waals surface area contributed by atoms with Gasteiger partial charge in [0.15, 0.2) is 0 Å². The van der Waals surface area contributed by atoms with Crippen LogP contribution in [0.3, 0.4) is 0 Å². The molecule has 2 atom stereocenters. The fourth-order valence-corrected chi connectivity index (χ4v) is 2.59. The third-order valence-electron chi connectivity index (χ3n) is 3.95. The Morgan fingerprint density at radius 2 is 2.29 bits per heavy atom. The lowest BCUT2D eigenvalue weighted by Crippen LogP contribution is -2.31. The highest BCUT2D eigenvalue weighted by molar-refractivity contribution is 5.18. The molecule has 1 aromatic heterocycles. The second-order valence-corrected chi connectivity index (χ2v) is 5.40. The predicted octanol–water partition coefficient (Wildman–Crippen LogP) is 3.40. The number of likely N-dealkylation sites (tertiary alicyclic amines) is 1. The molecule has 17 heavy (non-hydrogen) atoms. The Bertz CT molecular complexity index is 362. The van der Waals surface area contributed by atoms with E-state index in [1.807, 2.05) is 0 Å². The normalized spacial score (nSPS) is 23.6. The van der Waals surface area contributed by atoms with Crippen LogP contribution in [0, 0.1) is 0 Å². The summed E-state index contributed by atoms with van der Waals surface area (Å²) in [6.07, 6.45) is 3.76. The lowest BCUT2D eigenvalue weighted by molar-refractivity contribution is 0.248. The Kier molecular flexibility index (Phi) is 4.16. The van der Waals surface area contributed by atoms with Crippen LogP contribution in [-0.4, -0.2) is 30.0 Å². The zero-order valence-corrected chi connectivity index (χ0v) is 11.3. The SMILES string of the molecule is CCC(C)c1cccc([C@H]2CCCN(C)C2)n1. The number of aromatic nitrogens is 1. The number of likely N-dealkylation sites (N-methyl/N-ethyl adjacent to an activating group) is 1. The van der Waals surface area contributed by atoms with E-state index in [2.05, 4.69) is 44.0 Å². The summed E-state index contributed by atoms with van der Waals surface area (Å²) in [5.74, 6) is 1.22. The van der Waals surface area contributed by atoms with E-state index in [1.54, 1.807) is 0 Å². The number of hydrogen-bond donors (Lipinski definition) is 0. The molecule has 1 unspecified atom stereocenters. The minimum atomic E-state index is 0.580. The average Bonchev–Trinajstić information content (AvgIpc) is 2.38. The monoisotopic (exact) mass is 232 g/mol. The first-order valence-electron chi connectivity index (χ1n) is 6.86. The molecule has 1 aliphatic rings. The number of hydrogen-bond acceptors (Lipinski definition) is 2. The van der Waals surface area contributed by atoms with Crippen molar-refractivity contribution >= 4 is 0 Å². The molecule has 0 saturated carbocycles. The van der Waals surface area contributed by atoms with Crippen LogP contribution < -0.4 is 0 Å². The minimum Gasteiger partial charge on any atom is -0.306 e. The molecule has 0 radical (unpaired) electrons. The molecule has 0 amide bonds. The summed E-state index contributed by atoms with van der Waals surface area (Å²) in [4.78, 5) is 7.30. The molecule has 1 saturated heterocycles. The van der Waals surface area contributed by atoms with Crippen molar-refractivity contribution in [2.45, 2.75) is 44.9 Å². The first-order valence-corrected chi connectivity index (χ1v) is 6.86. The number of pyridine rings is 1. The van der Waals surface area contributed by atoms with Gasteiger partial charge >= 0.3 is 0 Å². The summed E-state index contributed by atoms with van der Waals surface area (Å²) >= 11 is 0. The maximum atomic E-state index is 4.87. The molecule has 2 rings (SSSR count). The summed E-state index contributed by atoms with van der Waals surface area (Å²) in [6.45, 7) is 6.89. The van der Waals surface area contributed by atoms with Crippen molar-refractivity contribution < 1.29 is 0 Å². The van der Waals surface area contributed by atoms with Gasteiger partial charge in [0.1, 0.15) is 0 Å². The van der Waals surface area contributed by atoms with Gasteiger partial charge < -0.3 is 4.90 Å². The van der Waals surface area contributed by atoms with E-state index in [-0.39, 0.29) is 0 Å². The number of nitrogens with zero attached hydrogens (tertiary/aromatic N) is 2. The molecule has 94 valence electrons. The summed E-state index contributed by atoms with van der Waals surface area (Å²) in [5.41, 5.74) is 2.56. The largest absolute Gasteiger partial charge is 0.306 e. The van der Waals surface area contributed by atoms with Crippen LogP contribution in [0.4, 0.5) is 0 Å². The van der Waals surface area contributed by atoms with Crippen molar-refractivity contribution in [1.82, 2.24) is 9.88 Å². The van der Waals surface area contributed by atoms with Gasteiger partial charge in [-0.3, -0.25) is 4.98 Å². The van der Waals surface area contributed by atoms with Crippen LogP contribution in [-0.2, 0) is 0 Å². The zero-order valence-electron chi connectivity index (χ0n) is 11.3. The third kappa shape index (κ3) is 3.06. The van der Waals surface area contributed by atoms with Gasteiger partial charge in [-0.2, -0.15) is 0 Å². The van der Waals surface area contributed by atoms with Crippen LogP contribution in [0.15, 0.2) is 18.2 Å². The van der Waals surface area contributed by atoms with Crippen molar-refractivity contribution in [2.24, 2.45) is 0 Å². The van der Waals surface area contributed by atoms with Gasteiger partial charge in [0.2, 0.25) is 0 Å². The Balaban J connectivity index is 2.15.